The molecule has 3 heteroatoms. The average Bonchev–Trinajstić information content (AvgIpc) is 2.09. The highest BCUT2D eigenvalue weighted by Gasteiger charge is 2.03. The van der Waals surface area contributed by atoms with Gasteiger partial charge in [0.1, 0.15) is 5.82 Å². The van der Waals surface area contributed by atoms with Crippen LogP contribution in [0.3, 0.4) is 0 Å². The number of nitrogens with one attached hydrogen (secondary N) is 1. The van der Waals surface area contributed by atoms with Crippen molar-refractivity contribution in [2.24, 2.45) is 0 Å². The lowest BCUT2D eigenvalue weighted by atomic mass is 10.2. The zero-order valence-electron chi connectivity index (χ0n) is 7.77. The van der Waals surface area contributed by atoms with Crippen molar-refractivity contribution in [1.29, 1.82) is 0 Å². The number of rotatable bonds is 2. The Morgan fingerprint density at radius 3 is 2.50 bits per heavy atom. The van der Waals surface area contributed by atoms with Crippen LogP contribution in [0.2, 0.25) is 0 Å². The van der Waals surface area contributed by atoms with Gasteiger partial charge in [0.05, 0.1) is 5.69 Å². The molecule has 1 aromatic heterocycles. The minimum atomic E-state index is -0.00120. The van der Waals surface area contributed by atoms with E-state index in [-0.39, 0.29) is 5.56 Å². The van der Waals surface area contributed by atoms with Gasteiger partial charge in [-0.1, -0.05) is 13.8 Å². The Hall–Kier alpha value is -1.12. The smallest absolute Gasteiger partial charge is 0.254 e. The predicted molar refractivity (Wildman–Crippen MR) is 48.4 cm³/mol. The van der Waals surface area contributed by atoms with Gasteiger partial charge in [-0.2, -0.15) is 0 Å². The topological polar surface area (TPSA) is 45.8 Å². The maximum absolute atomic E-state index is 11.3. The van der Waals surface area contributed by atoms with Crippen molar-refractivity contribution >= 4 is 0 Å². The fourth-order valence-electron chi connectivity index (χ4n) is 1.14. The molecule has 0 amide bonds. The van der Waals surface area contributed by atoms with Crippen LogP contribution in [0.15, 0.2) is 4.79 Å². The third-order valence-electron chi connectivity index (χ3n) is 1.97. The Kier molecular flexibility index (Phi) is 2.63. The van der Waals surface area contributed by atoms with E-state index in [9.17, 15) is 4.79 Å². The van der Waals surface area contributed by atoms with E-state index in [4.69, 9.17) is 0 Å². The van der Waals surface area contributed by atoms with Crippen molar-refractivity contribution in [3.8, 4) is 0 Å². The summed E-state index contributed by atoms with van der Waals surface area (Å²) < 4.78 is 0. The molecule has 0 spiro atoms. The van der Waals surface area contributed by atoms with Crippen molar-refractivity contribution in [2.45, 2.75) is 33.6 Å². The highest BCUT2D eigenvalue weighted by Crippen LogP contribution is 1.99. The molecule has 0 saturated carbocycles. The maximum Gasteiger partial charge on any atom is 0.254 e. The fourth-order valence-corrected chi connectivity index (χ4v) is 1.14. The third-order valence-corrected chi connectivity index (χ3v) is 1.97. The van der Waals surface area contributed by atoms with Gasteiger partial charge in [0.25, 0.3) is 5.56 Å². The maximum atomic E-state index is 11.3. The van der Waals surface area contributed by atoms with E-state index in [0.717, 1.165) is 29.9 Å². The zero-order chi connectivity index (χ0) is 9.14. The SMILES string of the molecule is CCc1nc(CC)c(C)c(=O)[nH]1. The van der Waals surface area contributed by atoms with E-state index in [1.165, 1.54) is 0 Å². The van der Waals surface area contributed by atoms with Crippen molar-refractivity contribution in [2.75, 3.05) is 0 Å². The molecule has 0 unspecified atom stereocenters. The molecule has 0 aliphatic carbocycles. The number of nitrogens with zero attached hydrogens (tertiary/aromatic N) is 1. The van der Waals surface area contributed by atoms with Gasteiger partial charge >= 0.3 is 0 Å². The number of aromatic nitrogens is 2. The normalized spacial score (nSPS) is 10.2. The number of aromatic amines is 1. The Morgan fingerprint density at radius 2 is 2.00 bits per heavy atom. The molecule has 0 aliphatic rings. The van der Waals surface area contributed by atoms with Gasteiger partial charge in [0, 0.05) is 12.0 Å². The van der Waals surface area contributed by atoms with Crippen LogP contribution in [0.5, 0.6) is 0 Å². The fraction of sp³-hybridized carbons (Fsp3) is 0.556. The predicted octanol–water partition coefficient (Wildman–Crippen LogP) is 1.20. The number of H-pyrrole nitrogens is 1. The molecule has 12 heavy (non-hydrogen) atoms. The highest BCUT2D eigenvalue weighted by molar-refractivity contribution is 5.15. The van der Waals surface area contributed by atoms with Crippen LogP contribution >= 0.6 is 0 Å². The number of aryl methyl sites for hydroxylation is 2. The summed E-state index contributed by atoms with van der Waals surface area (Å²) in [6, 6.07) is 0. The van der Waals surface area contributed by atoms with E-state index >= 15 is 0 Å². The summed E-state index contributed by atoms with van der Waals surface area (Å²) in [6.07, 6.45) is 1.60. The van der Waals surface area contributed by atoms with Crippen molar-refractivity contribution in [1.82, 2.24) is 9.97 Å². The van der Waals surface area contributed by atoms with E-state index in [1.807, 2.05) is 20.8 Å². The molecule has 1 N–H and O–H groups in total. The molecule has 3 nitrogen and oxygen atoms in total. The minimum absolute atomic E-state index is 0.00120. The first-order valence-corrected chi connectivity index (χ1v) is 4.27. The molecule has 1 rings (SSSR count). The summed E-state index contributed by atoms with van der Waals surface area (Å²) in [6.45, 7) is 5.80. The monoisotopic (exact) mass is 166 g/mol. The molecular weight excluding hydrogens is 152 g/mol. The molecule has 0 saturated heterocycles. The lowest BCUT2D eigenvalue weighted by Gasteiger charge is -2.02. The van der Waals surface area contributed by atoms with E-state index in [2.05, 4.69) is 9.97 Å². The van der Waals surface area contributed by atoms with Crippen molar-refractivity contribution in [3.05, 3.63) is 27.4 Å². The van der Waals surface area contributed by atoms with Gasteiger partial charge in [-0.3, -0.25) is 4.79 Å². The second-order valence-corrected chi connectivity index (χ2v) is 2.79. The molecule has 0 atom stereocenters. The number of hydrogen-bond donors (Lipinski definition) is 1. The van der Waals surface area contributed by atoms with Crippen LogP contribution in [0.4, 0.5) is 0 Å². The van der Waals surface area contributed by atoms with Crippen LogP contribution in [0.1, 0.15) is 30.9 Å². The van der Waals surface area contributed by atoms with E-state index in [1.54, 1.807) is 0 Å². The first-order valence-electron chi connectivity index (χ1n) is 4.27. The van der Waals surface area contributed by atoms with Gasteiger partial charge in [-0.05, 0) is 13.3 Å². The summed E-state index contributed by atoms with van der Waals surface area (Å²) in [7, 11) is 0. The first-order chi connectivity index (χ1) is 5.69. The van der Waals surface area contributed by atoms with Crippen LogP contribution in [0.25, 0.3) is 0 Å². The van der Waals surface area contributed by atoms with E-state index in [0.29, 0.717) is 0 Å². The zero-order valence-corrected chi connectivity index (χ0v) is 7.77. The van der Waals surface area contributed by atoms with Crippen LogP contribution < -0.4 is 5.56 Å². The van der Waals surface area contributed by atoms with Gasteiger partial charge < -0.3 is 4.98 Å². The average molecular weight is 166 g/mol. The second-order valence-electron chi connectivity index (χ2n) is 2.79. The number of hydrogen-bond acceptors (Lipinski definition) is 2. The lowest BCUT2D eigenvalue weighted by Crippen LogP contribution is -2.17. The molecular formula is C9H14N2O. The van der Waals surface area contributed by atoms with Crippen molar-refractivity contribution < 1.29 is 0 Å². The van der Waals surface area contributed by atoms with Gasteiger partial charge in [-0.25, -0.2) is 4.98 Å². The Morgan fingerprint density at radius 1 is 1.33 bits per heavy atom. The second kappa shape index (κ2) is 3.52. The molecule has 0 bridgehead atoms. The summed E-state index contributed by atoms with van der Waals surface area (Å²) in [5, 5.41) is 0. The van der Waals surface area contributed by atoms with Crippen molar-refractivity contribution in [3.63, 3.8) is 0 Å². The molecule has 0 aliphatic heterocycles. The summed E-state index contributed by atoms with van der Waals surface area (Å²) in [5.41, 5.74) is 1.66. The van der Waals surface area contributed by atoms with Gasteiger partial charge in [-0.15, -0.1) is 0 Å². The first kappa shape index (κ1) is 8.97. The summed E-state index contributed by atoms with van der Waals surface area (Å²) >= 11 is 0. The lowest BCUT2D eigenvalue weighted by molar-refractivity contribution is 0.854. The molecule has 1 aromatic rings. The largest absolute Gasteiger partial charge is 0.310 e. The van der Waals surface area contributed by atoms with Crippen LogP contribution in [-0.4, -0.2) is 9.97 Å². The van der Waals surface area contributed by atoms with Gasteiger partial charge in [0.15, 0.2) is 0 Å². The van der Waals surface area contributed by atoms with Gasteiger partial charge in [0.2, 0.25) is 0 Å². The quantitative estimate of drug-likeness (QED) is 0.717. The summed E-state index contributed by atoms with van der Waals surface area (Å²) in [4.78, 5) is 18.3. The highest BCUT2D eigenvalue weighted by atomic mass is 16.1. The third kappa shape index (κ3) is 1.55. The molecule has 0 fully saturated rings. The standard InChI is InChI=1S/C9H14N2O/c1-4-7-6(3)9(12)11-8(5-2)10-7/h4-5H2,1-3H3,(H,10,11,12). The van der Waals surface area contributed by atoms with Crippen LogP contribution in [0, 0.1) is 6.92 Å². The Labute approximate surface area is 71.9 Å². The molecule has 66 valence electrons. The molecule has 1 heterocycles. The Balaban J connectivity index is 3.29. The summed E-state index contributed by atoms with van der Waals surface area (Å²) in [5.74, 6) is 0.780. The molecule has 0 aromatic carbocycles. The Bertz CT molecular complexity index is 328. The van der Waals surface area contributed by atoms with E-state index < -0.39 is 0 Å². The molecule has 0 radical (unpaired) electrons. The van der Waals surface area contributed by atoms with Crippen LogP contribution in [-0.2, 0) is 12.8 Å². The minimum Gasteiger partial charge on any atom is -0.310 e.